The van der Waals surface area contributed by atoms with Crippen LogP contribution < -0.4 is 16.4 Å². The lowest BCUT2D eigenvalue weighted by atomic mass is 10.1. The van der Waals surface area contributed by atoms with Crippen LogP contribution in [0.3, 0.4) is 0 Å². The fourth-order valence-corrected chi connectivity index (χ4v) is 3.71. The van der Waals surface area contributed by atoms with Gasteiger partial charge in [0.2, 0.25) is 0 Å². The van der Waals surface area contributed by atoms with Gasteiger partial charge in [0.15, 0.2) is 17.6 Å². The summed E-state index contributed by atoms with van der Waals surface area (Å²) in [5, 5.41) is 23.3. The molecule has 0 unspecified atom stereocenters. The van der Waals surface area contributed by atoms with Gasteiger partial charge in [-0.3, -0.25) is 5.10 Å². The number of H-pyrrole nitrogens is 1. The van der Waals surface area contributed by atoms with Crippen molar-refractivity contribution < 1.29 is 0 Å². The number of aromatic amines is 1. The first kappa shape index (κ1) is 20.7. The third-order valence-corrected chi connectivity index (χ3v) is 5.42. The molecule has 0 saturated heterocycles. The van der Waals surface area contributed by atoms with Crippen LogP contribution in [0.4, 0.5) is 23.0 Å². The molecule has 9 heteroatoms. The molecular weight excluding hydrogens is 480 g/mol. The molecule has 2 aromatic heterocycles. The predicted molar refractivity (Wildman–Crippen MR) is 136 cm³/mol. The summed E-state index contributed by atoms with van der Waals surface area (Å²) >= 11 is 3.48. The van der Waals surface area contributed by atoms with E-state index in [-0.39, 0.29) is 5.96 Å². The molecule has 5 N–H and O–H groups in total. The van der Waals surface area contributed by atoms with Crippen molar-refractivity contribution in [1.82, 2.24) is 20.4 Å². The number of benzene rings is 3. The Kier molecular flexibility index (Phi) is 5.69. The van der Waals surface area contributed by atoms with Crippen molar-refractivity contribution in [2.75, 3.05) is 10.6 Å². The summed E-state index contributed by atoms with van der Waals surface area (Å²) in [5.41, 5.74) is 10.4. The Bertz CT molecular complexity index is 1430. The molecule has 0 aliphatic heterocycles. The minimum Gasteiger partial charge on any atom is -0.369 e. The Balaban J connectivity index is 1.34. The number of anilines is 3. The fraction of sp³-hybridized carbons (Fsp3) is 0. The topological polar surface area (TPSA) is 117 Å². The molecule has 2 heterocycles. The van der Waals surface area contributed by atoms with Gasteiger partial charge in [-0.15, -0.1) is 10.2 Å². The normalized spacial score (nSPS) is 11.5. The number of aromatic nitrogens is 4. The smallest absolute Gasteiger partial charge is 0.199 e. The number of rotatable bonds is 5. The van der Waals surface area contributed by atoms with Crippen molar-refractivity contribution >= 4 is 55.8 Å². The van der Waals surface area contributed by atoms with Gasteiger partial charge in [0, 0.05) is 15.4 Å². The third kappa shape index (κ3) is 4.68. The van der Waals surface area contributed by atoms with Crippen LogP contribution in [0.1, 0.15) is 0 Å². The lowest BCUT2D eigenvalue weighted by Crippen LogP contribution is -2.22. The lowest BCUT2D eigenvalue weighted by molar-refractivity contribution is 1.03. The monoisotopic (exact) mass is 498 g/mol. The fourth-order valence-electron chi connectivity index (χ4n) is 3.35. The van der Waals surface area contributed by atoms with E-state index in [1.165, 1.54) is 0 Å². The van der Waals surface area contributed by atoms with Crippen molar-refractivity contribution in [1.29, 1.82) is 0 Å². The molecule has 0 spiro atoms. The predicted octanol–water partition coefficient (Wildman–Crippen LogP) is 5.58. The average Bonchev–Trinajstić information content (AvgIpc) is 3.23. The van der Waals surface area contributed by atoms with Crippen LogP contribution in [0.15, 0.2) is 94.4 Å². The van der Waals surface area contributed by atoms with Crippen LogP contribution >= 0.6 is 15.9 Å². The Morgan fingerprint density at radius 1 is 0.879 bits per heavy atom. The van der Waals surface area contributed by atoms with E-state index in [1.807, 2.05) is 78.9 Å². The molecule has 0 saturated carbocycles. The Hall–Kier alpha value is -4.24. The van der Waals surface area contributed by atoms with Gasteiger partial charge in [0.1, 0.15) is 0 Å². The number of fused-ring (bicyclic) bond motifs is 1. The molecule has 0 aliphatic carbocycles. The zero-order chi connectivity index (χ0) is 22.6. The molecule has 0 radical (unpaired) electrons. The van der Waals surface area contributed by atoms with Gasteiger partial charge in [-0.1, -0.05) is 58.4 Å². The van der Waals surface area contributed by atoms with Gasteiger partial charge < -0.3 is 16.4 Å². The second-order valence-electron chi connectivity index (χ2n) is 7.20. The Morgan fingerprint density at radius 2 is 1.67 bits per heavy atom. The molecular formula is C24H19BrN8. The summed E-state index contributed by atoms with van der Waals surface area (Å²) in [6.45, 7) is 0. The molecule has 0 atom stereocenters. The highest BCUT2D eigenvalue weighted by molar-refractivity contribution is 9.10. The molecule has 162 valence electrons. The lowest BCUT2D eigenvalue weighted by Gasteiger charge is -2.12. The Morgan fingerprint density at radius 3 is 2.45 bits per heavy atom. The van der Waals surface area contributed by atoms with Crippen LogP contribution in [0.5, 0.6) is 0 Å². The summed E-state index contributed by atoms with van der Waals surface area (Å²) in [5.74, 6) is 1.32. The first-order valence-electron chi connectivity index (χ1n) is 10.2. The second-order valence-corrected chi connectivity index (χ2v) is 8.11. The van der Waals surface area contributed by atoms with Crippen molar-refractivity contribution in [3.8, 4) is 11.3 Å². The first-order valence-corrected chi connectivity index (χ1v) is 10.9. The molecule has 8 nitrogen and oxygen atoms in total. The van der Waals surface area contributed by atoms with E-state index in [0.29, 0.717) is 11.6 Å². The van der Waals surface area contributed by atoms with Gasteiger partial charge in [-0.05, 0) is 42.5 Å². The van der Waals surface area contributed by atoms with Crippen LogP contribution in [-0.4, -0.2) is 26.4 Å². The molecule has 0 bridgehead atoms. The summed E-state index contributed by atoms with van der Waals surface area (Å²) < 4.78 is 0.983. The largest absolute Gasteiger partial charge is 0.369 e. The second kappa shape index (κ2) is 9.09. The van der Waals surface area contributed by atoms with Crippen LogP contribution in [0.2, 0.25) is 0 Å². The molecule has 5 aromatic rings. The van der Waals surface area contributed by atoms with E-state index in [4.69, 9.17) is 5.73 Å². The minimum atomic E-state index is 0.196. The zero-order valence-corrected chi connectivity index (χ0v) is 18.9. The average molecular weight is 499 g/mol. The molecule has 0 amide bonds. The van der Waals surface area contributed by atoms with E-state index in [2.05, 4.69) is 52.0 Å². The highest BCUT2D eigenvalue weighted by Gasteiger charge is 2.10. The van der Waals surface area contributed by atoms with Gasteiger partial charge >= 0.3 is 0 Å². The highest BCUT2D eigenvalue weighted by atomic mass is 79.9. The molecule has 5 rings (SSSR count). The molecule has 3 aromatic carbocycles. The SMILES string of the molecule is NC(=Nc1ccc(-c2ccccc2)nn1)Nc1ccccc1Nc1n[nH]c2cc(Br)ccc12. The number of hydrogen-bond donors (Lipinski definition) is 4. The molecule has 0 fully saturated rings. The number of para-hydroxylation sites is 2. The van der Waals surface area contributed by atoms with Gasteiger partial charge in [0.25, 0.3) is 0 Å². The molecule has 0 aliphatic rings. The van der Waals surface area contributed by atoms with Crippen LogP contribution in [-0.2, 0) is 0 Å². The first-order chi connectivity index (χ1) is 16.2. The molecule has 33 heavy (non-hydrogen) atoms. The van der Waals surface area contributed by atoms with Crippen LogP contribution in [0.25, 0.3) is 22.2 Å². The highest BCUT2D eigenvalue weighted by Crippen LogP contribution is 2.29. The van der Waals surface area contributed by atoms with Crippen LogP contribution in [0, 0.1) is 0 Å². The third-order valence-electron chi connectivity index (χ3n) is 4.92. The summed E-state index contributed by atoms with van der Waals surface area (Å²) in [7, 11) is 0. The number of nitrogens with zero attached hydrogens (tertiary/aromatic N) is 4. The minimum absolute atomic E-state index is 0.196. The van der Waals surface area contributed by atoms with Gasteiger partial charge in [0.05, 0.1) is 22.6 Å². The van der Waals surface area contributed by atoms with Gasteiger partial charge in [-0.2, -0.15) is 10.1 Å². The number of halogens is 1. The maximum atomic E-state index is 6.15. The quantitative estimate of drug-likeness (QED) is 0.185. The zero-order valence-electron chi connectivity index (χ0n) is 17.3. The van der Waals surface area contributed by atoms with E-state index < -0.39 is 0 Å². The summed E-state index contributed by atoms with van der Waals surface area (Å²) in [6.07, 6.45) is 0. The summed E-state index contributed by atoms with van der Waals surface area (Å²) in [6, 6.07) is 27.1. The standard InChI is InChI=1S/C24H19BrN8/c25-16-10-11-17-21(14-16)31-33-23(17)27-19-8-4-5-9-20(19)28-24(26)29-22-13-12-18(30-32-22)15-6-2-1-3-7-15/h1-14H,(H2,27,31,33)(H3,26,28,29,32). The summed E-state index contributed by atoms with van der Waals surface area (Å²) in [4.78, 5) is 4.34. The van der Waals surface area contributed by atoms with E-state index in [9.17, 15) is 0 Å². The number of aliphatic imine (C=N–C) groups is 1. The number of hydrogen-bond acceptors (Lipinski definition) is 5. The maximum Gasteiger partial charge on any atom is 0.199 e. The van der Waals surface area contributed by atoms with E-state index >= 15 is 0 Å². The number of nitrogens with two attached hydrogens (primary N) is 1. The number of nitrogens with one attached hydrogen (secondary N) is 3. The maximum absolute atomic E-state index is 6.15. The van der Waals surface area contributed by atoms with Crippen molar-refractivity contribution in [2.24, 2.45) is 10.7 Å². The van der Waals surface area contributed by atoms with E-state index in [0.717, 1.165) is 38.0 Å². The van der Waals surface area contributed by atoms with Crippen molar-refractivity contribution in [3.63, 3.8) is 0 Å². The Labute approximate surface area is 198 Å². The van der Waals surface area contributed by atoms with Gasteiger partial charge in [-0.25, -0.2) is 0 Å². The number of guanidine groups is 1. The van der Waals surface area contributed by atoms with Crippen molar-refractivity contribution in [3.05, 3.63) is 89.4 Å². The van der Waals surface area contributed by atoms with Crippen molar-refractivity contribution in [2.45, 2.75) is 0 Å². The van der Waals surface area contributed by atoms with E-state index in [1.54, 1.807) is 6.07 Å².